The minimum absolute atomic E-state index is 0.0914. The average Bonchev–Trinajstić information content (AvgIpc) is 3.02. The number of carbonyl (C=O) groups excluding carboxylic acids is 1. The van der Waals surface area contributed by atoms with Gasteiger partial charge in [0.2, 0.25) is 5.91 Å². The molecule has 3 unspecified atom stereocenters. The van der Waals surface area contributed by atoms with Crippen LogP contribution in [0.4, 0.5) is 0 Å². The van der Waals surface area contributed by atoms with E-state index in [9.17, 15) is 4.79 Å². The molecule has 1 fully saturated rings. The largest absolute Gasteiger partial charge is 0.359 e. The number of nitrogens with one attached hydrogen (secondary N) is 3. The average molecular weight is 290 g/mol. The number of nitrogens with zero attached hydrogens (tertiary/aromatic N) is 1. The topological polar surface area (TPSA) is 56.4 Å². The summed E-state index contributed by atoms with van der Waals surface area (Å²) in [6.07, 6.45) is 1.59. The Morgan fingerprint density at radius 1 is 1.38 bits per heavy atom. The predicted octanol–water partition coefficient (Wildman–Crippen LogP) is 1.05. The quantitative estimate of drug-likeness (QED) is 0.733. The van der Waals surface area contributed by atoms with Crippen LogP contribution in [0, 0.1) is 0 Å². The van der Waals surface area contributed by atoms with Crippen LogP contribution in [0.2, 0.25) is 0 Å². The van der Waals surface area contributed by atoms with E-state index in [-0.39, 0.29) is 5.91 Å². The maximum absolute atomic E-state index is 11.3. The number of hydrazine groups is 1. The molecule has 3 atom stereocenters. The number of rotatable bonds is 6. The van der Waals surface area contributed by atoms with Gasteiger partial charge in [-0.15, -0.1) is 0 Å². The third-order valence-electron chi connectivity index (χ3n) is 4.38. The molecule has 0 saturated carbocycles. The lowest BCUT2D eigenvalue weighted by atomic mass is 9.98. The molecular formula is C16H26N4O. The van der Waals surface area contributed by atoms with Gasteiger partial charge in [-0.1, -0.05) is 30.3 Å². The molecule has 1 aliphatic heterocycles. The summed E-state index contributed by atoms with van der Waals surface area (Å²) in [5.41, 5.74) is 8.09. The van der Waals surface area contributed by atoms with E-state index in [0.29, 0.717) is 24.5 Å². The molecule has 5 nitrogen and oxygen atoms in total. The van der Waals surface area contributed by atoms with E-state index in [1.165, 1.54) is 5.56 Å². The summed E-state index contributed by atoms with van der Waals surface area (Å²) >= 11 is 0. The molecular weight excluding hydrogens is 264 g/mol. The Labute approximate surface area is 127 Å². The van der Waals surface area contributed by atoms with Crippen LogP contribution < -0.4 is 16.2 Å². The van der Waals surface area contributed by atoms with Crippen LogP contribution >= 0.6 is 0 Å². The van der Waals surface area contributed by atoms with Crippen molar-refractivity contribution < 1.29 is 4.79 Å². The molecule has 1 saturated heterocycles. The van der Waals surface area contributed by atoms with Gasteiger partial charge >= 0.3 is 0 Å². The Morgan fingerprint density at radius 3 is 2.76 bits per heavy atom. The first-order valence-electron chi connectivity index (χ1n) is 7.58. The van der Waals surface area contributed by atoms with E-state index < -0.39 is 0 Å². The zero-order chi connectivity index (χ0) is 15.2. The number of hydrogen-bond donors (Lipinski definition) is 3. The minimum atomic E-state index is 0.0914. The number of carbonyl (C=O) groups is 1. The van der Waals surface area contributed by atoms with E-state index in [0.717, 1.165) is 13.0 Å². The Hall–Kier alpha value is -1.43. The van der Waals surface area contributed by atoms with Crippen LogP contribution in [0.5, 0.6) is 0 Å². The summed E-state index contributed by atoms with van der Waals surface area (Å²) in [7, 11) is 3.75. The van der Waals surface area contributed by atoms with Gasteiger partial charge in [-0.05, 0) is 26.0 Å². The van der Waals surface area contributed by atoms with Crippen LogP contribution in [-0.2, 0) is 4.79 Å². The highest BCUT2D eigenvalue weighted by atomic mass is 16.1. The van der Waals surface area contributed by atoms with Crippen LogP contribution in [-0.4, -0.2) is 43.5 Å². The van der Waals surface area contributed by atoms with Crippen molar-refractivity contribution in [3.05, 3.63) is 35.9 Å². The van der Waals surface area contributed by atoms with E-state index in [2.05, 4.69) is 59.3 Å². The molecule has 21 heavy (non-hydrogen) atoms. The SMILES string of the molecule is CNC(=O)CCN(C)C(C)C1CC(c2ccccc2)NN1. The lowest BCUT2D eigenvalue weighted by molar-refractivity contribution is -0.121. The molecule has 1 aromatic rings. The standard InChI is InChI=1S/C16H26N4O/c1-12(20(3)10-9-16(21)17-2)14-11-15(19-18-14)13-7-5-4-6-8-13/h4-8,12,14-15,18-19H,9-11H2,1-3H3,(H,17,21). The van der Waals surface area contributed by atoms with Crippen molar-refractivity contribution in [2.45, 2.75) is 37.9 Å². The van der Waals surface area contributed by atoms with E-state index in [1.807, 2.05) is 6.07 Å². The number of hydrogen-bond acceptors (Lipinski definition) is 4. The van der Waals surface area contributed by atoms with E-state index in [1.54, 1.807) is 7.05 Å². The molecule has 1 aromatic carbocycles. The lowest BCUT2D eigenvalue weighted by Crippen LogP contribution is -2.46. The van der Waals surface area contributed by atoms with Gasteiger partial charge in [0.15, 0.2) is 0 Å². The van der Waals surface area contributed by atoms with E-state index >= 15 is 0 Å². The summed E-state index contributed by atoms with van der Waals surface area (Å²) < 4.78 is 0. The molecule has 2 rings (SSSR count). The highest BCUT2D eigenvalue weighted by molar-refractivity contribution is 5.75. The second kappa shape index (κ2) is 7.54. The van der Waals surface area contributed by atoms with Crippen LogP contribution in [0.25, 0.3) is 0 Å². The van der Waals surface area contributed by atoms with Gasteiger partial charge in [-0.25, -0.2) is 5.43 Å². The third-order valence-corrected chi connectivity index (χ3v) is 4.38. The molecule has 0 bridgehead atoms. The Bertz CT molecular complexity index is 451. The molecule has 1 aliphatic rings. The van der Waals surface area contributed by atoms with Gasteiger partial charge < -0.3 is 10.2 Å². The van der Waals surface area contributed by atoms with Gasteiger partial charge in [0, 0.05) is 38.1 Å². The summed E-state index contributed by atoms with van der Waals surface area (Å²) in [6, 6.07) is 11.6. The number of benzene rings is 1. The first-order chi connectivity index (χ1) is 10.1. The lowest BCUT2D eigenvalue weighted by Gasteiger charge is -2.29. The Morgan fingerprint density at radius 2 is 2.10 bits per heavy atom. The second-order valence-electron chi connectivity index (χ2n) is 5.74. The summed E-state index contributed by atoms with van der Waals surface area (Å²) in [5.74, 6) is 0.0914. The predicted molar refractivity (Wildman–Crippen MR) is 84.6 cm³/mol. The van der Waals surface area contributed by atoms with Crippen molar-refractivity contribution in [2.24, 2.45) is 0 Å². The fourth-order valence-electron chi connectivity index (χ4n) is 2.72. The molecule has 5 heteroatoms. The van der Waals surface area contributed by atoms with Crippen molar-refractivity contribution in [1.82, 2.24) is 21.1 Å². The van der Waals surface area contributed by atoms with Crippen LogP contribution in [0.3, 0.4) is 0 Å². The van der Waals surface area contributed by atoms with Gasteiger partial charge in [-0.3, -0.25) is 10.2 Å². The van der Waals surface area contributed by atoms with Crippen LogP contribution in [0.1, 0.15) is 31.4 Å². The zero-order valence-electron chi connectivity index (χ0n) is 13.1. The van der Waals surface area contributed by atoms with Crippen molar-refractivity contribution in [3.8, 4) is 0 Å². The first-order valence-corrected chi connectivity index (χ1v) is 7.58. The molecule has 0 aromatic heterocycles. The van der Waals surface area contributed by atoms with Crippen molar-refractivity contribution in [3.63, 3.8) is 0 Å². The molecule has 116 valence electrons. The van der Waals surface area contributed by atoms with Gasteiger partial charge in [-0.2, -0.15) is 0 Å². The Kier molecular flexibility index (Phi) is 5.73. The fourth-order valence-corrected chi connectivity index (χ4v) is 2.72. The highest BCUT2D eigenvalue weighted by Crippen LogP contribution is 2.24. The third kappa shape index (κ3) is 4.27. The normalized spacial score (nSPS) is 23.2. The zero-order valence-corrected chi connectivity index (χ0v) is 13.1. The minimum Gasteiger partial charge on any atom is -0.359 e. The maximum Gasteiger partial charge on any atom is 0.221 e. The van der Waals surface area contributed by atoms with Crippen molar-refractivity contribution >= 4 is 5.91 Å². The van der Waals surface area contributed by atoms with E-state index in [4.69, 9.17) is 0 Å². The van der Waals surface area contributed by atoms with Crippen LogP contribution in [0.15, 0.2) is 30.3 Å². The summed E-state index contributed by atoms with van der Waals surface area (Å²) in [6.45, 7) is 2.98. The number of likely N-dealkylation sites (N-methyl/N-ethyl adjacent to an activating group) is 1. The molecule has 0 radical (unpaired) electrons. The second-order valence-corrected chi connectivity index (χ2v) is 5.74. The molecule has 3 N–H and O–H groups in total. The fraction of sp³-hybridized carbons (Fsp3) is 0.562. The molecule has 0 aliphatic carbocycles. The number of amides is 1. The van der Waals surface area contributed by atoms with Crippen molar-refractivity contribution in [1.29, 1.82) is 0 Å². The smallest absolute Gasteiger partial charge is 0.221 e. The highest BCUT2D eigenvalue weighted by Gasteiger charge is 2.30. The van der Waals surface area contributed by atoms with Gasteiger partial charge in [0.1, 0.15) is 0 Å². The summed E-state index contributed by atoms with van der Waals surface area (Å²) in [4.78, 5) is 13.6. The first kappa shape index (κ1) is 15.9. The molecule has 0 spiro atoms. The molecule has 1 amide bonds. The maximum atomic E-state index is 11.3. The van der Waals surface area contributed by atoms with Gasteiger partial charge in [0.05, 0.1) is 0 Å². The molecule has 1 heterocycles. The van der Waals surface area contributed by atoms with Crippen molar-refractivity contribution in [2.75, 3.05) is 20.6 Å². The Balaban J connectivity index is 1.84. The monoisotopic (exact) mass is 290 g/mol. The summed E-state index contributed by atoms with van der Waals surface area (Å²) in [5, 5.41) is 2.66. The van der Waals surface area contributed by atoms with Gasteiger partial charge in [0.25, 0.3) is 0 Å².